The van der Waals surface area contributed by atoms with E-state index in [1.54, 1.807) is 11.9 Å². The number of nitrogens with one attached hydrogen (secondary N) is 2. The maximum absolute atomic E-state index is 10.3. The summed E-state index contributed by atoms with van der Waals surface area (Å²) in [5.41, 5.74) is 4.38. The molecule has 0 atom stereocenters. The van der Waals surface area contributed by atoms with Crippen LogP contribution in [0.1, 0.15) is 23.0 Å². The zero-order valence-corrected chi connectivity index (χ0v) is 19.4. The van der Waals surface area contributed by atoms with Gasteiger partial charge in [-0.3, -0.25) is 4.79 Å². The van der Waals surface area contributed by atoms with Crippen LogP contribution in [0, 0.1) is 0 Å². The summed E-state index contributed by atoms with van der Waals surface area (Å²) in [6.45, 7) is 2.17. The van der Waals surface area contributed by atoms with Crippen molar-refractivity contribution in [3.05, 3.63) is 95.3 Å². The van der Waals surface area contributed by atoms with Crippen molar-refractivity contribution in [3.8, 4) is 11.5 Å². The monoisotopic (exact) mass is 465 g/mol. The van der Waals surface area contributed by atoms with Gasteiger partial charge in [-0.2, -0.15) is 0 Å². The van der Waals surface area contributed by atoms with E-state index in [9.17, 15) is 4.79 Å². The lowest BCUT2D eigenvalue weighted by Crippen LogP contribution is -1.94. The number of hydrogen-bond acceptors (Lipinski definition) is 6. The van der Waals surface area contributed by atoms with Crippen molar-refractivity contribution in [1.29, 1.82) is 0 Å². The summed E-state index contributed by atoms with van der Waals surface area (Å²) in [6.07, 6.45) is 3.07. The van der Waals surface area contributed by atoms with Gasteiger partial charge in [-0.05, 0) is 72.5 Å². The molecule has 0 fully saturated rings. The molecule has 3 aromatic carbocycles. The SMILES string of the molecule is CCc1ccc(NC)cc1SNc1ccc(Cl)cc1.O=Cc1cnc(-c2ccccc2)o1. The summed E-state index contributed by atoms with van der Waals surface area (Å²) < 4.78 is 8.48. The van der Waals surface area contributed by atoms with E-state index in [4.69, 9.17) is 16.0 Å². The second kappa shape index (κ2) is 12.0. The highest BCUT2D eigenvalue weighted by atomic mass is 35.5. The standard InChI is InChI=1S/C15H17ClN2S.C10H7NO2/c1-3-11-4-7-14(17-2)10-15(11)19-18-13-8-5-12(16)6-9-13;12-7-9-6-11-10(13-9)8-4-2-1-3-5-8/h4-10,17-18H,3H2,1-2H3;1-7H. The van der Waals surface area contributed by atoms with Gasteiger partial charge in [0.05, 0.1) is 6.20 Å². The third-order valence-electron chi connectivity index (χ3n) is 4.52. The van der Waals surface area contributed by atoms with Crippen LogP contribution in [0.2, 0.25) is 5.02 Å². The van der Waals surface area contributed by atoms with E-state index in [0.29, 0.717) is 12.2 Å². The smallest absolute Gasteiger partial charge is 0.226 e. The largest absolute Gasteiger partial charge is 0.433 e. The first-order chi connectivity index (χ1) is 15.6. The highest BCUT2D eigenvalue weighted by Gasteiger charge is 2.05. The third-order valence-corrected chi connectivity index (χ3v) is 5.71. The van der Waals surface area contributed by atoms with Crippen LogP contribution < -0.4 is 10.0 Å². The number of halogens is 1. The van der Waals surface area contributed by atoms with Gasteiger partial charge in [0, 0.05) is 33.9 Å². The summed E-state index contributed by atoms with van der Waals surface area (Å²) in [6, 6.07) is 23.6. The van der Waals surface area contributed by atoms with Crippen LogP contribution >= 0.6 is 23.5 Å². The lowest BCUT2D eigenvalue weighted by Gasteiger charge is -2.11. The molecule has 2 N–H and O–H groups in total. The van der Waals surface area contributed by atoms with Gasteiger partial charge in [0.1, 0.15) is 0 Å². The van der Waals surface area contributed by atoms with Crippen molar-refractivity contribution in [2.45, 2.75) is 18.2 Å². The fourth-order valence-corrected chi connectivity index (χ4v) is 3.80. The molecule has 32 heavy (non-hydrogen) atoms. The number of aldehydes is 1. The fourth-order valence-electron chi connectivity index (χ4n) is 2.78. The second-order valence-electron chi connectivity index (χ2n) is 6.69. The van der Waals surface area contributed by atoms with Gasteiger partial charge in [0.25, 0.3) is 0 Å². The van der Waals surface area contributed by atoms with E-state index in [2.05, 4.69) is 40.1 Å². The Morgan fingerprint density at radius 1 is 1.03 bits per heavy atom. The Kier molecular flexibility index (Phi) is 8.78. The fraction of sp³-hybridized carbons (Fsp3) is 0.120. The Balaban J connectivity index is 0.000000193. The maximum Gasteiger partial charge on any atom is 0.226 e. The molecule has 0 aliphatic heterocycles. The molecule has 0 bridgehead atoms. The Morgan fingerprint density at radius 3 is 2.38 bits per heavy atom. The van der Waals surface area contributed by atoms with Crippen molar-refractivity contribution in [3.63, 3.8) is 0 Å². The first-order valence-corrected chi connectivity index (χ1v) is 11.3. The number of aryl methyl sites for hydroxylation is 1. The van der Waals surface area contributed by atoms with Crippen molar-refractivity contribution in [2.75, 3.05) is 17.1 Å². The van der Waals surface area contributed by atoms with Crippen LogP contribution in [0.15, 0.2) is 88.3 Å². The molecule has 0 saturated heterocycles. The molecule has 0 aliphatic carbocycles. The molecule has 0 saturated carbocycles. The van der Waals surface area contributed by atoms with E-state index >= 15 is 0 Å². The Morgan fingerprint density at radius 2 is 1.75 bits per heavy atom. The molecule has 1 heterocycles. The summed E-state index contributed by atoms with van der Waals surface area (Å²) in [4.78, 5) is 15.5. The Bertz CT molecular complexity index is 1130. The van der Waals surface area contributed by atoms with Crippen LogP contribution in [0.5, 0.6) is 0 Å². The maximum atomic E-state index is 10.3. The molecular weight excluding hydrogens is 442 g/mol. The highest BCUT2D eigenvalue weighted by molar-refractivity contribution is 8.00. The number of rotatable bonds is 7. The average molecular weight is 466 g/mol. The predicted octanol–water partition coefficient (Wildman–Crippen LogP) is 7.22. The minimum absolute atomic E-state index is 0.249. The summed E-state index contributed by atoms with van der Waals surface area (Å²) >= 11 is 7.50. The molecule has 0 spiro atoms. The first-order valence-electron chi connectivity index (χ1n) is 10.1. The van der Waals surface area contributed by atoms with Crippen molar-refractivity contribution >= 4 is 41.2 Å². The van der Waals surface area contributed by atoms with Gasteiger partial charge < -0.3 is 14.5 Å². The quantitative estimate of drug-likeness (QED) is 0.222. The molecule has 1 aromatic heterocycles. The molecule has 5 nitrogen and oxygen atoms in total. The summed E-state index contributed by atoms with van der Waals surface area (Å²) in [5, 5.41) is 3.92. The average Bonchev–Trinajstić information content (AvgIpc) is 3.34. The van der Waals surface area contributed by atoms with Gasteiger partial charge >= 0.3 is 0 Å². The van der Waals surface area contributed by atoms with Crippen LogP contribution in [-0.2, 0) is 6.42 Å². The third kappa shape index (κ3) is 6.64. The Hall–Kier alpha value is -3.22. The van der Waals surface area contributed by atoms with E-state index in [0.717, 1.165) is 28.4 Å². The molecule has 0 aliphatic rings. The van der Waals surface area contributed by atoms with Crippen molar-refractivity contribution in [1.82, 2.24) is 4.98 Å². The zero-order chi connectivity index (χ0) is 22.8. The van der Waals surface area contributed by atoms with Crippen LogP contribution in [0.3, 0.4) is 0 Å². The predicted molar refractivity (Wildman–Crippen MR) is 134 cm³/mol. The Labute approximate surface area is 197 Å². The highest BCUT2D eigenvalue weighted by Crippen LogP contribution is 2.28. The van der Waals surface area contributed by atoms with Crippen LogP contribution in [0.4, 0.5) is 11.4 Å². The molecule has 0 radical (unpaired) electrons. The number of nitrogens with zero attached hydrogens (tertiary/aromatic N) is 1. The molecular formula is C25H24ClN3O2S. The molecule has 0 unspecified atom stereocenters. The van der Waals surface area contributed by atoms with Gasteiger partial charge in [0.15, 0.2) is 12.0 Å². The second-order valence-corrected chi connectivity index (χ2v) is 7.97. The van der Waals surface area contributed by atoms with E-state index in [-0.39, 0.29) is 5.76 Å². The lowest BCUT2D eigenvalue weighted by atomic mass is 10.1. The number of oxazole rings is 1. The minimum atomic E-state index is 0.249. The summed E-state index contributed by atoms with van der Waals surface area (Å²) in [5.74, 6) is 0.724. The lowest BCUT2D eigenvalue weighted by molar-refractivity contribution is 0.110. The first kappa shape index (κ1) is 23.4. The molecule has 164 valence electrons. The van der Waals surface area contributed by atoms with E-state index in [1.165, 1.54) is 16.7 Å². The van der Waals surface area contributed by atoms with Gasteiger partial charge in [-0.1, -0.05) is 42.8 Å². The number of carbonyl (C=O) groups is 1. The zero-order valence-electron chi connectivity index (χ0n) is 17.8. The van der Waals surface area contributed by atoms with Gasteiger partial charge in [-0.25, -0.2) is 4.98 Å². The van der Waals surface area contributed by atoms with Crippen molar-refractivity contribution in [2.24, 2.45) is 0 Å². The molecule has 4 rings (SSSR count). The molecule has 0 amide bonds. The van der Waals surface area contributed by atoms with E-state index in [1.807, 2.05) is 61.6 Å². The van der Waals surface area contributed by atoms with Gasteiger partial charge in [0.2, 0.25) is 5.89 Å². The summed E-state index contributed by atoms with van der Waals surface area (Å²) in [7, 11) is 1.93. The topological polar surface area (TPSA) is 67.2 Å². The number of hydrogen-bond donors (Lipinski definition) is 2. The van der Waals surface area contributed by atoms with Crippen LogP contribution in [-0.4, -0.2) is 18.3 Å². The number of anilines is 2. The number of aromatic nitrogens is 1. The van der Waals surface area contributed by atoms with Crippen LogP contribution in [0.25, 0.3) is 11.5 Å². The molecule has 4 aromatic rings. The molecule has 7 heteroatoms. The minimum Gasteiger partial charge on any atom is -0.433 e. The van der Waals surface area contributed by atoms with Crippen molar-refractivity contribution < 1.29 is 9.21 Å². The van der Waals surface area contributed by atoms with Gasteiger partial charge in [-0.15, -0.1) is 0 Å². The van der Waals surface area contributed by atoms with E-state index < -0.39 is 0 Å². The normalized spacial score (nSPS) is 10.1. The number of benzene rings is 3. The number of carbonyl (C=O) groups excluding carboxylic acids is 1.